The van der Waals surface area contributed by atoms with Crippen molar-refractivity contribution >= 4 is 5.97 Å². The Kier molecular flexibility index (Phi) is 4.80. The van der Waals surface area contributed by atoms with Crippen LogP contribution in [0.1, 0.15) is 72.1 Å². The number of ether oxygens (including phenoxy) is 1. The smallest absolute Gasteiger partial charge is 0.387 e. The highest BCUT2D eigenvalue weighted by Gasteiger charge is 2.59. The van der Waals surface area contributed by atoms with E-state index in [9.17, 15) is 9.90 Å². The molecule has 5 heteroatoms. The number of carbonyl (C=O) groups excluding carboxylic acids is 1. The van der Waals surface area contributed by atoms with Crippen LogP contribution in [0, 0.1) is 39.9 Å². The Bertz CT molecular complexity index is 766. The molecular weight excluding hydrogens is 352 g/mol. The highest BCUT2D eigenvalue weighted by atomic mass is 16.5. The number of aliphatic hydroxyl groups excluding tert-OH is 1. The third kappa shape index (κ3) is 2.88. The van der Waals surface area contributed by atoms with Gasteiger partial charge in [-0.2, -0.15) is 0 Å². The van der Waals surface area contributed by atoms with Crippen molar-refractivity contribution in [2.45, 2.75) is 78.2 Å². The predicted molar refractivity (Wildman–Crippen MR) is 107 cm³/mol. The van der Waals surface area contributed by atoms with Gasteiger partial charge >= 0.3 is 12.2 Å². The van der Waals surface area contributed by atoms with Crippen LogP contribution in [0.2, 0.25) is 0 Å². The second-order valence-corrected chi connectivity index (χ2v) is 10.1. The van der Waals surface area contributed by atoms with Gasteiger partial charge in [0, 0.05) is 19.3 Å². The molecule has 4 aliphatic carbocycles. The summed E-state index contributed by atoms with van der Waals surface area (Å²) in [6.07, 6.45) is 12.2. The van der Waals surface area contributed by atoms with Gasteiger partial charge in [-0.1, -0.05) is 25.5 Å². The molecule has 28 heavy (non-hydrogen) atoms. The van der Waals surface area contributed by atoms with Crippen molar-refractivity contribution in [3.05, 3.63) is 28.6 Å². The van der Waals surface area contributed by atoms with Crippen LogP contribution in [0.25, 0.3) is 4.98 Å². The Morgan fingerprint density at radius 1 is 1.25 bits per heavy atom. The largest absolute Gasteiger partial charge is 0.505 e. The monoisotopic (exact) mass is 385 g/mol. The van der Waals surface area contributed by atoms with Crippen molar-refractivity contribution < 1.29 is 14.6 Å². The Balaban J connectivity index is 1.58. The molecule has 0 aliphatic heterocycles. The molecule has 152 valence electrons. The van der Waals surface area contributed by atoms with E-state index in [0.29, 0.717) is 17.8 Å². The zero-order valence-corrected chi connectivity index (χ0v) is 17.4. The van der Waals surface area contributed by atoms with Crippen LogP contribution in [0.4, 0.5) is 0 Å². The molecule has 1 N–H and O–H groups in total. The van der Waals surface area contributed by atoms with Gasteiger partial charge in [-0.05, 0) is 73.5 Å². The molecule has 4 aliphatic rings. The molecule has 0 aromatic heterocycles. The van der Waals surface area contributed by atoms with Gasteiger partial charge in [-0.3, -0.25) is 4.79 Å². The molecule has 3 saturated carbocycles. The van der Waals surface area contributed by atoms with Gasteiger partial charge in [0.2, 0.25) is 5.39 Å². The molecule has 0 saturated heterocycles. The number of rotatable bonds is 2. The van der Waals surface area contributed by atoms with Gasteiger partial charge in [0.25, 0.3) is 0 Å². The molecule has 5 nitrogen and oxygen atoms in total. The third-order valence-corrected chi connectivity index (χ3v) is 8.94. The Morgan fingerprint density at radius 3 is 2.75 bits per heavy atom. The summed E-state index contributed by atoms with van der Waals surface area (Å²) in [5.41, 5.74) is 1.81. The minimum Gasteiger partial charge on any atom is -0.505 e. The van der Waals surface area contributed by atoms with Gasteiger partial charge in [0.1, 0.15) is 6.10 Å². The van der Waals surface area contributed by atoms with Gasteiger partial charge in [0.05, 0.1) is 0 Å². The maximum absolute atomic E-state index is 11.4. The van der Waals surface area contributed by atoms with Crippen LogP contribution in [-0.2, 0) is 9.53 Å². The molecular formula is C23H33N2O3+. The fourth-order valence-corrected chi connectivity index (χ4v) is 7.60. The van der Waals surface area contributed by atoms with Crippen molar-refractivity contribution in [2.24, 2.45) is 34.5 Å². The number of aliphatic hydroxyl groups is 1. The normalized spacial score (nSPS) is 45.1. The van der Waals surface area contributed by atoms with Crippen molar-refractivity contribution in [3.8, 4) is 0 Å². The number of diazo groups is 1. The topological polar surface area (TPSA) is 74.7 Å². The fourth-order valence-electron chi connectivity index (χ4n) is 7.60. The average molecular weight is 386 g/mol. The van der Waals surface area contributed by atoms with Crippen molar-refractivity contribution in [2.75, 3.05) is 0 Å². The lowest BCUT2D eigenvalue weighted by Gasteiger charge is -2.58. The maximum Gasteiger partial charge on any atom is 0.387 e. The first kappa shape index (κ1) is 19.5. The third-order valence-electron chi connectivity index (χ3n) is 8.94. The van der Waals surface area contributed by atoms with Crippen molar-refractivity contribution in [1.82, 2.24) is 0 Å². The zero-order valence-electron chi connectivity index (χ0n) is 17.4. The number of nitrogens with zero attached hydrogens (tertiary/aromatic N) is 2. The lowest BCUT2D eigenvalue weighted by atomic mass is 9.47. The van der Waals surface area contributed by atoms with Crippen molar-refractivity contribution in [1.29, 1.82) is 5.39 Å². The van der Waals surface area contributed by atoms with E-state index in [1.54, 1.807) is 0 Å². The van der Waals surface area contributed by atoms with Crippen LogP contribution in [0.3, 0.4) is 0 Å². The van der Waals surface area contributed by atoms with Gasteiger partial charge in [0.15, 0.2) is 10.7 Å². The lowest BCUT2D eigenvalue weighted by molar-refractivity contribution is -0.148. The summed E-state index contributed by atoms with van der Waals surface area (Å²) in [6.45, 7) is 6.29. The van der Waals surface area contributed by atoms with E-state index >= 15 is 0 Å². The number of carbonyl (C=O) groups is 1. The zero-order chi connectivity index (χ0) is 20.1. The number of hydrogen-bond acceptors (Lipinski definition) is 4. The fraction of sp³-hybridized carbons (Fsp3) is 0.783. The Labute approximate surface area is 167 Å². The summed E-state index contributed by atoms with van der Waals surface area (Å²) in [6, 6.07) is 0. The quantitative estimate of drug-likeness (QED) is 0.284. The minimum absolute atomic E-state index is 0.0439. The summed E-state index contributed by atoms with van der Waals surface area (Å²) in [5.74, 6) is 2.11. The number of fused-ring (bicyclic) bond motifs is 5. The molecule has 0 radical (unpaired) electrons. The van der Waals surface area contributed by atoms with E-state index in [-0.39, 0.29) is 34.6 Å². The standard InChI is InChI=1S/C23H32N2O3/c1-14(26)28-16-8-10-22(2)15(12-16)4-5-17-18-6-7-20(21(27)13-25-24)23(18,3)11-9-19(17)22/h4,13,16-20H,5-12H2,1-3H3/p+1/t16-,17+,18-,19+,20+,22-,23-/m0/s1. The van der Waals surface area contributed by atoms with Crippen LogP contribution in [-0.4, -0.2) is 17.2 Å². The SMILES string of the molecule is CC(=O)O[C@H]1CC[C@@]2(C)C(=CC[C@H]3[C@H]2CC[C@]2(C)[C@@H](C(O)=C[N+]#N)CC[C@@H]32)C1. The van der Waals surface area contributed by atoms with Crippen LogP contribution in [0.15, 0.2) is 23.6 Å². The first-order valence-corrected chi connectivity index (χ1v) is 10.9. The molecule has 4 rings (SSSR count). The van der Waals surface area contributed by atoms with Gasteiger partial charge < -0.3 is 9.84 Å². The number of hydrogen-bond donors (Lipinski definition) is 1. The highest BCUT2D eigenvalue weighted by molar-refractivity contribution is 5.66. The summed E-state index contributed by atoms with van der Waals surface area (Å²) in [5, 5.41) is 19.3. The van der Waals surface area contributed by atoms with Crippen LogP contribution in [0.5, 0.6) is 0 Å². The highest BCUT2D eigenvalue weighted by Crippen LogP contribution is 2.67. The molecule has 3 fully saturated rings. The van der Waals surface area contributed by atoms with Crippen LogP contribution >= 0.6 is 0 Å². The summed E-state index contributed by atoms with van der Waals surface area (Å²) in [7, 11) is 0. The van der Waals surface area contributed by atoms with E-state index in [2.05, 4.69) is 24.9 Å². The number of allylic oxidation sites excluding steroid dienone is 2. The lowest BCUT2D eigenvalue weighted by Crippen LogP contribution is -2.50. The summed E-state index contributed by atoms with van der Waals surface area (Å²) < 4.78 is 5.53. The summed E-state index contributed by atoms with van der Waals surface area (Å²) in [4.78, 5) is 14.4. The van der Waals surface area contributed by atoms with E-state index in [1.807, 2.05) is 0 Å². The summed E-state index contributed by atoms with van der Waals surface area (Å²) >= 11 is 0. The second kappa shape index (κ2) is 6.90. The van der Waals surface area contributed by atoms with E-state index in [1.165, 1.54) is 25.1 Å². The molecule has 7 atom stereocenters. The minimum atomic E-state index is -0.171. The Hall–Kier alpha value is -1.83. The molecule has 0 aromatic rings. The first-order valence-electron chi connectivity index (χ1n) is 10.9. The van der Waals surface area contributed by atoms with E-state index < -0.39 is 0 Å². The second-order valence-electron chi connectivity index (χ2n) is 10.1. The predicted octanol–water partition coefficient (Wildman–Crippen LogP) is 5.75. The van der Waals surface area contributed by atoms with Gasteiger partial charge in [-0.25, -0.2) is 0 Å². The van der Waals surface area contributed by atoms with Crippen LogP contribution < -0.4 is 0 Å². The molecule has 0 unspecified atom stereocenters. The molecule has 0 bridgehead atoms. The molecule has 0 spiro atoms. The first-order chi connectivity index (χ1) is 13.3. The Morgan fingerprint density at radius 2 is 2.04 bits per heavy atom. The van der Waals surface area contributed by atoms with Crippen molar-refractivity contribution in [3.63, 3.8) is 0 Å². The van der Waals surface area contributed by atoms with Gasteiger partial charge in [-0.15, -0.1) is 0 Å². The number of esters is 1. The maximum atomic E-state index is 11.4. The molecule has 0 aromatic carbocycles. The average Bonchev–Trinajstić information content (AvgIpc) is 2.99. The molecule has 0 amide bonds. The van der Waals surface area contributed by atoms with E-state index in [0.717, 1.165) is 44.9 Å². The molecule has 0 heterocycles. The van der Waals surface area contributed by atoms with E-state index in [4.69, 9.17) is 10.1 Å².